The van der Waals surface area contributed by atoms with Gasteiger partial charge in [0, 0.05) is 25.2 Å². The molecule has 0 aromatic rings. The Morgan fingerprint density at radius 1 is 1.17 bits per heavy atom. The van der Waals surface area contributed by atoms with Crippen molar-refractivity contribution in [3.05, 3.63) is 0 Å². The van der Waals surface area contributed by atoms with E-state index >= 15 is 0 Å². The summed E-state index contributed by atoms with van der Waals surface area (Å²) in [6.45, 7) is 6.90. The summed E-state index contributed by atoms with van der Waals surface area (Å²) in [4.78, 5) is 5.05. The number of fused-ring (bicyclic) bond motifs is 1. The van der Waals surface area contributed by atoms with Crippen LogP contribution in [0.25, 0.3) is 0 Å². The van der Waals surface area contributed by atoms with Gasteiger partial charge < -0.3 is 15.0 Å². The van der Waals surface area contributed by atoms with Crippen molar-refractivity contribution in [2.75, 3.05) is 46.4 Å². The number of nitrogens with one attached hydrogen (secondary N) is 1. The third-order valence-corrected chi connectivity index (χ3v) is 4.81. The smallest absolute Gasteiger partial charge is 0.0827 e. The van der Waals surface area contributed by atoms with Crippen molar-refractivity contribution in [1.82, 2.24) is 15.1 Å². The number of rotatable bonds is 3. The van der Waals surface area contributed by atoms with Crippen LogP contribution in [-0.2, 0) is 4.74 Å². The second kappa shape index (κ2) is 5.87. The first-order valence-electron chi connectivity index (χ1n) is 7.59. The number of ether oxygens (including phenoxy) is 1. The number of piperidine rings is 1. The fraction of sp³-hybridized carbons (Fsp3) is 1.00. The van der Waals surface area contributed by atoms with Crippen LogP contribution in [0.1, 0.15) is 25.7 Å². The van der Waals surface area contributed by atoms with Gasteiger partial charge in [0.1, 0.15) is 0 Å². The quantitative estimate of drug-likeness (QED) is 0.794. The van der Waals surface area contributed by atoms with Crippen LogP contribution in [0, 0.1) is 0 Å². The van der Waals surface area contributed by atoms with Gasteiger partial charge in [0.2, 0.25) is 0 Å². The van der Waals surface area contributed by atoms with Crippen molar-refractivity contribution in [2.24, 2.45) is 0 Å². The number of morpholine rings is 1. The zero-order valence-electron chi connectivity index (χ0n) is 11.6. The maximum absolute atomic E-state index is 5.99. The van der Waals surface area contributed by atoms with E-state index in [4.69, 9.17) is 4.74 Å². The summed E-state index contributed by atoms with van der Waals surface area (Å²) in [5.74, 6) is 0. The largest absolute Gasteiger partial charge is 0.374 e. The monoisotopic (exact) mass is 253 g/mol. The molecule has 4 heteroatoms. The van der Waals surface area contributed by atoms with Crippen molar-refractivity contribution in [1.29, 1.82) is 0 Å². The molecule has 2 unspecified atom stereocenters. The van der Waals surface area contributed by atoms with E-state index in [9.17, 15) is 0 Å². The summed E-state index contributed by atoms with van der Waals surface area (Å²) < 4.78 is 5.99. The van der Waals surface area contributed by atoms with Crippen molar-refractivity contribution >= 4 is 0 Å². The van der Waals surface area contributed by atoms with E-state index in [0.29, 0.717) is 12.1 Å². The standard InChI is InChI=1S/C14H27N3O/c1-16-7-4-12(5-8-16)15-9-14-10-17-6-2-3-13(17)11-18-14/h12-15H,2-11H2,1H3. The minimum Gasteiger partial charge on any atom is -0.374 e. The zero-order chi connectivity index (χ0) is 12.4. The van der Waals surface area contributed by atoms with Gasteiger partial charge in [-0.3, -0.25) is 4.90 Å². The lowest BCUT2D eigenvalue weighted by Gasteiger charge is -2.36. The lowest BCUT2D eigenvalue weighted by atomic mass is 10.1. The minimum absolute atomic E-state index is 0.416. The third-order valence-electron chi connectivity index (χ3n) is 4.81. The summed E-state index contributed by atoms with van der Waals surface area (Å²) in [5, 5.41) is 3.71. The molecule has 18 heavy (non-hydrogen) atoms. The molecule has 0 aromatic carbocycles. The maximum atomic E-state index is 5.99. The lowest BCUT2D eigenvalue weighted by Crippen LogP contribution is -2.51. The van der Waals surface area contributed by atoms with Gasteiger partial charge in [-0.1, -0.05) is 0 Å². The molecule has 0 radical (unpaired) electrons. The molecule has 1 N–H and O–H groups in total. The molecular formula is C14H27N3O. The Morgan fingerprint density at radius 2 is 2.00 bits per heavy atom. The fourth-order valence-electron chi connectivity index (χ4n) is 3.52. The zero-order valence-corrected chi connectivity index (χ0v) is 11.6. The molecule has 0 saturated carbocycles. The second-order valence-corrected chi connectivity index (χ2v) is 6.23. The highest BCUT2D eigenvalue weighted by atomic mass is 16.5. The van der Waals surface area contributed by atoms with E-state index in [0.717, 1.165) is 25.7 Å². The summed E-state index contributed by atoms with van der Waals surface area (Å²) >= 11 is 0. The van der Waals surface area contributed by atoms with Crippen LogP contribution in [0.2, 0.25) is 0 Å². The minimum atomic E-state index is 0.416. The summed E-state index contributed by atoms with van der Waals surface area (Å²) in [6, 6.07) is 1.44. The van der Waals surface area contributed by atoms with Gasteiger partial charge in [0.25, 0.3) is 0 Å². The first-order valence-corrected chi connectivity index (χ1v) is 7.59. The topological polar surface area (TPSA) is 27.7 Å². The molecule has 104 valence electrons. The van der Waals surface area contributed by atoms with E-state index in [1.807, 2.05) is 0 Å². The highest BCUT2D eigenvalue weighted by Gasteiger charge is 2.32. The van der Waals surface area contributed by atoms with Gasteiger partial charge in [0.15, 0.2) is 0 Å². The molecule has 2 atom stereocenters. The molecule has 0 amide bonds. The molecule has 3 aliphatic heterocycles. The first kappa shape index (κ1) is 12.9. The summed E-state index contributed by atoms with van der Waals surface area (Å²) in [5.41, 5.74) is 0. The Labute approximate surface area is 111 Å². The van der Waals surface area contributed by atoms with Crippen LogP contribution < -0.4 is 5.32 Å². The van der Waals surface area contributed by atoms with Gasteiger partial charge in [-0.05, 0) is 52.4 Å². The van der Waals surface area contributed by atoms with Crippen molar-refractivity contribution in [2.45, 2.75) is 43.9 Å². The Kier molecular flexibility index (Phi) is 4.19. The van der Waals surface area contributed by atoms with Gasteiger partial charge >= 0.3 is 0 Å². The summed E-state index contributed by atoms with van der Waals surface area (Å²) in [7, 11) is 2.22. The van der Waals surface area contributed by atoms with Crippen LogP contribution >= 0.6 is 0 Å². The van der Waals surface area contributed by atoms with Gasteiger partial charge in [-0.25, -0.2) is 0 Å². The maximum Gasteiger partial charge on any atom is 0.0827 e. The Hall–Kier alpha value is -0.160. The predicted octanol–water partition coefficient (Wildman–Crippen LogP) is 0.533. The average Bonchev–Trinajstić information content (AvgIpc) is 2.85. The molecule has 4 nitrogen and oxygen atoms in total. The van der Waals surface area contributed by atoms with Gasteiger partial charge in [-0.15, -0.1) is 0 Å². The molecule has 0 bridgehead atoms. The van der Waals surface area contributed by atoms with E-state index < -0.39 is 0 Å². The van der Waals surface area contributed by atoms with E-state index in [1.54, 1.807) is 0 Å². The number of hydrogen-bond donors (Lipinski definition) is 1. The van der Waals surface area contributed by atoms with Crippen LogP contribution in [0.3, 0.4) is 0 Å². The number of hydrogen-bond acceptors (Lipinski definition) is 4. The molecule has 3 aliphatic rings. The highest BCUT2D eigenvalue weighted by molar-refractivity contribution is 4.86. The Balaban J connectivity index is 1.38. The van der Waals surface area contributed by atoms with Crippen molar-refractivity contribution in [3.8, 4) is 0 Å². The number of likely N-dealkylation sites (tertiary alicyclic amines) is 1. The van der Waals surface area contributed by atoms with Crippen molar-refractivity contribution < 1.29 is 4.74 Å². The van der Waals surface area contributed by atoms with Crippen LogP contribution in [-0.4, -0.2) is 74.4 Å². The number of nitrogens with zero attached hydrogens (tertiary/aromatic N) is 2. The molecule has 3 saturated heterocycles. The van der Waals surface area contributed by atoms with E-state index in [2.05, 4.69) is 22.2 Å². The molecule has 0 spiro atoms. The average molecular weight is 253 g/mol. The van der Waals surface area contributed by atoms with Crippen LogP contribution in [0.5, 0.6) is 0 Å². The van der Waals surface area contributed by atoms with E-state index in [1.165, 1.54) is 45.3 Å². The summed E-state index contributed by atoms with van der Waals surface area (Å²) in [6.07, 6.45) is 5.70. The SMILES string of the molecule is CN1CCC(NCC2CN3CCCC3CO2)CC1. The molecule has 3 rings (SSSR count). The molecular weight excluding hydrogens is 226 g/mol. The predicted molar refractivity (Wildman–Crippen MR) is 72.9 cm³/mol. The molecule has 3 heterocycles. The fourth-order valence-corrected chi connectivity index (χ4v) is 3.52. The van der Waals surface area contributed by atoms with Crippen LogP contribution in [0.4, 0.5) is 0 Å². The van der Waals surface area contributed by atoms with Crippen molar-refractivity contribution in [3.63, 3.8) is 0 Å². The first-order chi connectivity index (χ1) is 8.81. The van der Waals surface area contributed by atoms with Crippen LogP contribution in [0.15, 0.2) is 0 Å². The Morgan fingerprint density at radius 3 is 2.83 bits per heavy atom. The normalized spacial score (nSPS) is 35.8. The highest BCUT2D eigenvalue weighted by Crippen LogP contribution is 2.22. The molecule has 0 aliphatic carbocycles. The van der Waals surface area contributed by atoms with Gasteiger partial charge in [0.05, 0.1) is 12.7 Å². The van der Waals surface area contributed by atoms with Gasteiger partial charge in [-0.2, -0.15) is 0 Å². The molecule has 3 fully saturated rings. The van der Waals surface area contributed by atoms with E-state index in [-0.39, 0.29) is 0 Å². The molecule has 0 aromatic heterocycles. The Bertz CT molecular complexity index is 266. The second-order valence-electron chi connectivity index (χ2n) is 6.23. The third kappa shape index (κ3) is 3.05. The lowest BCUT2D eigenvalue weighted by molar-refractivity contribution is -0.0483.